The van der Waals surface area contributed by atoms with Crippen molar-refractivity contribution in [2.24, 2.45) is 0 Å². The van der Waals surface area contributed by atoms with Crippen LogP contribution < -0.4 is 5.32 Å². The average Bonchev–Trinajstić information content (AvgIpc) is 3.38. The van der Waals surface area contributed by atoms with Crippen LogP contribution in [0.3, 0.4) is 0 Å². The fraction of sp³-hybridized carbons (Fsp3) is 0.300. The number of nitrogens with one attached hydrogen (secondary N) is 1. The third kappa shape index (κ3) is 5.26. The summed E-state index contributed by atoms with van der Waals surface area (Å²) >= 11 is 1.54. The van der Waals surface area contributed by atoms with Gasteiger partial charge in [-0.3, -0.25) is 9.59 Å². The SMILES string of the molecule is CCc1ccc(NC(=O)[C@H](C)OC(=O)CCc2nc(-c3ccsc3)no2)cc1. The molecule has 0 radical (unpaired) electrons. The average molecular weight is 399 g/mol. The maximum absolute atomic E-state index is 12.2. The summed E-state index contributed by atoms with van der Waals surface area (Å²) in [6, 6.07) is 9.43. The Bertz CT molecular complexity index is 919. The van der Waals surface area contributed by atoms with Gasteiger partial charge in [0.2, 0.25) is 11.7 Å². The Morgan fingerprint density at radius 1 is 1.25 bits per heavy atom. The van der Waals surface area contributed by atoms with Crippen LogP contribution in [-0.4, -0.2) is 28.1 Å². The zero-order chi connectivity index (χ0) is 19.9. The van der Waals surface area contributed by atoms with Crippen molar-refractivity contribution in [3.63, 3.8) is 0 Å². The number of thiophene rings is 1. The number of aryl methyl sites for hydroxylation is 2. The molecule has 0 aliphatic rings. The first-order valence-corrected chi connectivity index (χ1v) is 9.94. The summed E-state index contributed by atoms with van der Waals surface area (Å²) < 4.78 is 10.3. The lowest BCUT2D eigenvalue weighted by atomic mass is 10.1. The van der Waals surface area contributed by atoms with E-state index in [9.17, 15) is 9.59 Å². The van der Waals surface area contributed by atoms with E-state index < -0.39 is 12.1 Å². The van der Waals surface area contributed by atoms with Gasteiger partial charge in [-0.25, -0.2) is 0 Å². The highest BCUT2D eigenvalue weighted by Crippen LogP contribution is 2.19. The number of esters is 1. The van der Waals surface area contributed by atoms with Crippen LogP contribution in [0.4, 0.5) is 5.69 Å². The molecule has 0 spiro atoms. The van der Waals surface area contributed by atoms with Crippen LogP contribution in [0.5, 0.6) is 0 Å². The van der Waals surface area contributed by atoms with Crippen molar-refractivity contribution in [1.82, 2.24) is 10.1 Å². The highest BCUT2D eigenvalue weighted by atomic mass is 32.1. The molecule has 146 valence electrons. The molecule has 0 aliphatic carbocycles. The minimum atomic E-state index is -0.901. The van der Waals surface area contributed by atoms with Crippen LogP contribution in [0.1, 0.15) is 31.7 Å². The van der Waals surface area contributed by atoms with Crippen LogP contribution in [0.15, 0.2) is 45.6 Å². The summed E-state index contributed by atoms with van der Waals surface area (Å²) in [4.78, 5) is 28.4. The number of carbonyl (C=O) groups is 2. The third-order valence-corrected chi connectivity index (χ3v) is 4.78. The smallest absolute Gasteiger partial charge is 0.307 e. The van der Waals surface area contributed by atoms with Gasteiger partial charge in [0.25, 0.3) is 5.91 Å². The number of aromatic nitrogens is 2. The molecule has 28 heavy (non-hydrogen) atoms. The molecular formula is C20H21N3O4S. The molecule has 0 bridgehead atoms. The quantitative estimate of drug-likeness (QED) is 0.578. The number of benzene rings is 1. The van der Waals surface area contributed by atoms with Gasteiger partial charge < -0.3 is 14.6 Å². The summed E-state index contributed by atoms with van der Waals surface area (Å²) in [5.41, 5.74) is 2.72. The second-order valence-corrected chi connectivity index (χ2v) is 6.98. The number of anilines is 1. The number of hydrogen-bond donors (Lipinski definition) is 1. The van der Waals surface area contributed by atoms with Crippen LogP contribution in [0.2, 0.25) is 0 Å². The fourth-order valence-electron chi connectivity index (χ4n) is 2.45. The Kier molecular flexibility index (Phi) is 6.54. The molecule has 0 unspecified atom stereocenters. The third-order valence-electron chi connectivity index (χ3n) is 4.10. The van der Waals surface area contributed by atoms with Crippen molar-refractivity contribution in [2.75, 3.05) is 5.32 Å². The summed E-state index contributed by atoms with van der Waals surface area (Å²) in [6.07, 6.45) is 0.330. The highest BCUT2D eigenvalue weighted by Gasteiger charge is 2.19. The zero-order valence-electron chi connectivity index (χ0n) is 15.7. The normalized spacial score (nSPS) is 11.8. The molecule has 7 nitrogen and oxygen atoms in total. The monoisotopic (exact) mass is 399 g/mol. The first kappa shape index (κ1) is 19.8. The van der Waals surface area contributed by atoms with E-state index in [1.165, 1.54) is 23.8 Å². The number of ether oxygens (including phenoxy) is 1. The van der Waals surface area contributed by atoms with E-state index in [0.29, 0.717) is 17.4 Å². The van der Waals surface area contributed by atoms with E-state index in [1.807, 2.05) is 41.1 Å². The van der Waals surface area contributed by atoms with Crippen molar-refractivity contribution < 1.29 is 18.8 Å². The van der Waals surface area contributed by atoms with Crippen LogP contribution >= 0.6 is 11.3 Å². The van der Waals surface area contributed by atoms with Gasteiger partial charge in [-0.2, -0.15) is 16.3 Å². The van der Waals surface area contributed by atoms with Gasteiger partial charge >= 0.3 is 5.97 Å². The number of hydrogen-bond acceptors (Lipinski definition) is 7. The number of nitrogens with zero attached hydrogens (tertiary/aromatic N) is 2. The van der Waals surface area contributed by atoms with Gasteiger partial charge in [0.15, 0.2) is 6.10 Å². The van der Waals surface area contributed by atoms with Gasteiger partial charge in [0, 0.05) is 23.1 Å². The van der Waals surface area contributed by atoms with Crippen molar-refractivity contribution >= 4 is 28.9 Å². The summed E-state index contributed by atoms with van der Waals surface area (Å²) in [7, 11) is 0. The molecule has 2 aromatic heterocycles. The first-order valence-electron chi connectivity index (χ1n) is 8.99. The fourth-order valence-corrected chi connectivity index (χ4v) is 3.09. The molecule has 3 aromatic rings. The number of rotatable bonds is 8. The molecule has 2 heterocycles. The molecular weight excluding hydrogens is 378 g/mol. The van der Waals surface area contributed by atoms with E-state index in [0.717, 1.165) is 12.0 Å². The van der Waals surface area contributed by atoms with E-state index >= 15 is 0 Å². The maximum atomic E-state index is 12.2. The lowest BCUT2D eigenvalue weighted by Crippen LogP contribution is -2.30. The van der Waals surface area contributed by atoms with Gasteiger partial charge in [-0.15, -0.1) is 0 Å². The van der Waals surface area contributed by atoms with Crippen molar-refractivity contribution in [1.29, 1.82) is 0 Å². The van der Waals surface area contributed by atoms with Gasteiger partial charge in [-0.05, 0) is 42.5 Å². The predicted molar refractivity (Wildman–Crippen MR) is 106 cm³/mol. The van der Waals surface area contributed by atoms with E-state index in [1.54, 1.807) is 0 Å². The van der Waals surface area contributed by atoms with Crippen LogP contribution in [-0.2, 0) is 27.2 Å². The second-order valence-electron chi connectivity index (χ2n) is 6.20. The van der Waals surface area contributed by atoms with Crippen molar-refractivity contribution in [2.45, 2.75) is 39.2 Å². The van der Waals surface area contributed by atoms with E-state index in [-0.39, 0.29) is 18.7 Å². The number of carbonyl (C=O) groups excluding carboxylic acids is 2. The summed E-state index contributed by atoms with van der Waals surface area (Å²) in [5, 5.41) is 10.5. The van der Waals surface area contributed by atoms with Gasteiger partial charge in [0.05, 0.1) is 6.42 Å². The Labute approximate surface area is 166 Å². The predicted octanol–water partition coefficient (Wildman–Crippen LogP) is 3.86. The lowest BCUT2D eigenvalue weighted by Gasteiger charge is -2.13. The van der Waals surface area contributed by atoms with Crippen molar-refractivity contribution in [3.8, 4) is 11.4 Å². The van der Waals surface area contributed by atoms with E-state index in [2.05, 4.69) is 22.4 Å². The van der Waals surface area contributed by atoms with Crippen LogP contribution in [0, 0.1) is 0 Å². The first-order chi connectivity index (χ1) is 13.5. The number of amides is 1. The Balaban J connectivity index is 1.45. The lowest BCUT2D eigenvalue weighted by molar-refractivity contribution is -0.153. The molecule has 0 saturated carbocycles. The molecule has 0 fully saturated rings. The van der Waals surface area contributed by atoms with Gasteiger partial charge in [0.1, 0.15) is 0 Å². The largest absolute Gasteiger partial charge is 0.453 e. The molecule has 0 aliphatic heterocycles. The van der Waals surface area contributed by atoms with Crippen LogP contribution in [0.25, 0.3) is 11.4 Å². The standard InChI is InChI=1S/C20H21N3O4S/c1-3-14-4-6-16(7-5-14)21-20(25)13(2)26-18(24)9-8-17-22-19(23-27-17)15-10-11-28-12-15/h4-7,10-13H,3,8-9H2,1-2H3,(H,21,25)/t13-/m0/s1. The summed E-state index contributed by atoms with van der Waals surface area (Å²) in [6.45, 7) is 3.60. The Morgan fingerprint density at radius 2 is 2.04 bits per heavy atom. The van der Waals surface area contributed by atoms with E-state index in [4.69, 9.17) is 9.26 Å². The minimum absolute atomic E-state index is 0.0497. The molecule has 3 rings (SSSR count). The minimum Gasteiger partial charge on any atom is -0.453 e. The Hall–Kier alpha value is -3.00. The molecule has 8 heteroatoms. The molecule has 0 saturated heterocycles. The highest BCUT2D eigenvalue weighted by molar-refractivity contribution is 7.08. The molecule has 1 amide bonds. The van der Waals surface area contributed by atoms with Gasteiger partial charge in [-0.1, -0.05) is 24.2 Å². The summed E-state index contributed by atoms with van der Waals surface area (Å²) in [5.74, 6) is -0.0351. The maximum Gasteiger partial charge on any atom is 0.307 e. The topological polar surface area (TPSA) is 94.3 Å². The molecule has 1 aromatic carbocycles. The zero-order valence-corrected chi connectivity index (χ0v) is 16.5. The Morgan fingerprint density at radius 3 is 2.71 bits per heavy atom. The van der Waals surface area contributed by atoms with Crippen molar-refractivity contribution in [3.05, 3.63) is 52.5 Å². The molecule has 1 atom stereocenters. The second kappa shape index (κ2) is 9.27. The molecule has 1 N–H and O–H groups in total.